The van der Waals surface area contributed by atoms with E-state index in [1.165, 1.54) is 0 Å². The van der Waals surface area contributed by atoms with Crippen molar-refractivity contribution in [3.05, 3.63) is 59.1 Å². The lowest BCUT2D eigenvalue weighted by Gasteiger charge is -2.16. The molecule has 5 heteroatoms. The van der Waals surface area contributed by atoms with E-state index >= 15 is 0 Å². The van der Waals surface area contributed by atoms with Gasteiger partial charge in [-0.1, -0.05) is 29.8 Å². The normalized spacial score (nSPS) is 11.3. The largest absolute Gasteiger partial charge is 0.373 e. The van der Waals surface area contributed by atoms with Crippen molar-refractivity contribution in [3.63, 3.8) is 0 Å². The van der Waals surface area contributed by atoms with Crippen molar-refractivity contribution in [2.45, 2.75) is 13.0 Å². The van der Waals surface area contributed by atoms with Gasteiger partial charge in [0.15, 0.2) is 0 Å². The fourth-order valence-corrected chi connectivity index (χ4v) is 2.01. The van der Waals surface area contributed by atoms with Crippen molar-refractivity contribution in [2.75, 3.05) is 10.6 Å². The van der Waals surface area contributed by atoms with Crippen molar-refractivity contribution in [2.24, 2.45) is 0 Å². The molecule has 2 aromatic rings. The van der Waals surface area contributed by atoms with Crippen LogP contribution in [0.3, 0.4) is 0 Å². The van der Waals surface area contributed by atoms with Gasteiger partial charge < -0.3 is 10.6 Å². The maximum absolute atomic E-state index is 12.1. The van der Waals surface area contributed by atoms with Crippen LogP contribution in [0.1, 0.15) is 12.5 Å². The molecule has 0 aliphatic carbocycles. The molecule has 1 atom stereocenters. The van der Waals surface area contributed by atoms with Crippen LogP contribution in [0.4, 0.5) is 11.4 Å². The molecule has 1 amide bonds. The zero-order valence-electron chi connectivity index (χ0n) is 11.4. The van der Waals surface area contributed by atoms with Gasteiger partial charge in [0.25, 0.3) is 0 Å². The first-order chi connectivity index (χ1) is 10.1. The molecule has 0 spiro atoms. The van der Waals surface area contributed by atoms with Crippen LogP contribution in [0.2, 0.25) is 5.02 Å². The number of nitriles is 1. The number of hydrogen-bond donors (Lipinski definition) is 2. The molecule has 0 heterocycles. The maximum Gasteiger partial charge on any atom is 0.246 e. The lowest BCUT2D eigenvalue weighted by atomic mass is 10.2. The molecule has 2 aromatic carbocycles. The summed E-state index contributed by atoms with van der Waals surface area (Å²) in [6.45, 7) is 1.74. The monoisotopic (exact) mass is 299 g/mol. The van der Waals surface area contributed by atoms with Crippen LogP contribution in [0.5, 0.6) is 0 Å². The summed E-state index contributed by atoms with van der Waals surface area (Å²) in [4.78, 5) is 12.1. The number of nitrogens with zero attached hydrogens (tertiary/aromatic N) is 1. The van der Waals surface area contributed by atoms with Crippen LogP contribution in [0.15, 0.2) is 48.5 Å². The first kappa shape index (κ1) is 14.9. The van der Waals surface area contributed by atoms with Crippen LogP contribution < -0.4 is 10.6 Å². The molecule has 2 N–H and O–H groups in total. The summed E-state index contributed by atoms with van der Waals surface area (Å²) in [7, 11) is 0. The van der Waals surface area contributed by atoms with Crippen molar-refractivity contribution in [1.82, 2.24) is 0 Å². The van der Waals surface area contributed by atoms with Gasteiger partial charge in [0.05, 0.1) is 22.3 Å². The third kappa shape index (κ3) is 3.98. The van der Waals surface area contributed by atoms with E-state index in [-0.39, 0.29) is 5.91 Å². The average Bonchev–Trinajstić information content (AvgIpc) is 2.50. The van der Waals surface area contributed by atoms with Crippen LogP contribution in [-0.2, 0) is 4.79 Å². The fraction of sp³-hybridized carbons (Fsp3) is 0.125. The Balaban J connectivity index is 2.02. The van der Waals surface area contributed by atoms with E-state index in [2.05, 4.69) is 10.6 Å². The molecule has 21 heavy (non-hydrogen) atoms. The Kier molecular flexibility index (Phi) is 4.81. The van der Waals surface area contributed by atoms with Crippen LogP contribution in [0, 0.1) is 11.3 Å². The van der Waals surface area contributed by atoms with Crippen LogP contribution >= 0.6 is 11.6 Å². The highest BCUT2D eigenvalue weighted by atomic mass is 35.5. The second kappa shape index (κ2) is 6.78. The number of benzene rings is 2. The summed E-state index contributed by atoms with van der Waals surface area (Å²) in [6, 6.07) is 15.7. The molecule has 2 rings (SSSR count). The Labute approximate surface area is 128 Å². The molecule has 0 aromatic heterocycles. The number of carbonyl (C=O) groups excluding carboxylic acids is 1. The van der Waals surface area contributed by atoms with Gasteiger partial charge in [-0.15, -0.1) is 0 Å². The van der Waals surface area contributed by atoms with E-state index < -0.39 is 6.04 Å². The number of hydrogen-bond acceptors (Lipinski definition) is 3. The molecule has 0 radical (unpaired) electrons. The van der Waals surface area contributed by atoms with E-state index in [1.807, 2.05) is 36.4 Å². The minimum Gasteiger partial charge on any atom is -0.373 e. The predicted octanol–water partition coefficient (Wildman–Crippen LogP) is 3.65. The van der Waals surface area contributed by atoms with Gasteiger partial charge in [-0.3, -0.25) is 4.79 Å². The second-order valence-corrected chi connectivity index (χ2v) is 4.93. The highest BCUT2D eigenvalue weighted by molar-refractivity contribution is 6.33. The number of rotatable bonds is 4. The maximum atomic E-state index is 12.1. The molecule has 0 bridgehead atoms. The third-order valence-electron chi connectivity index (χ3n) is 2.90. The van der Waals surface area contributed by atoms with Gasteiger partial charge in [-0.2, -0.15) is 5.26 Å². The smallest absolute Gasteiger partial charge is 0.246 e. The van der Waals surface area contributed by atoms with Crippen molar-refractivity contribution in [3.8, 4) is 6.07 Å². The standard InChI is InChI=1S/C16H14ClN3O/c1-11(16(21)20-13-5-3-2-4-6-13)19-15-8-7-12(10-18)9-14(15)17/h2-9,11,19H,1H3,(H,20,21). The van der Waals surface area contributed by atoms with Crippen LogP contribution in [0.25, 0.3) is 0 Å². The van der Waals surface area contributed by atoms with E-state index in [9.17, 15) is 4.79 Å². The Morgan fingerprint density at radius 1 is 1.24 bits per heavy atom. The fourth-order valence-electron chi connectivity index (χ4n) is 1.77. The SMILES string of the molecule is CC(Nc1ccc(C#N)cc1Cl)C(=O)Nc1ccccc1. The summed E-state index contributed by atoms with van der Waals surface area (Å²) in [5.74, 6) is -0.165. The van der Waals surface area contributed by atoms with E-state index in [0.29, 0.717) is 16.3 Å². The topological polar surface area (TPSA) is 64.9 Å². The first-order valence-electron chi connectivity index (χ1n) is 6.42. The minimum atomic E-state index is -0.462. The quantitative estimate of drug-likeness (QED) is 0.905. The molecule has 0 saturated carbocycles. The summed E-state index contributed by atoms with van der Waals surface area (Å²) >= 11 is 6.07. The number of amides is 1. The van der Waals surface area contributed by atoms with Gasteiger partial charge >= 0.3 is 0 Å². The van der Waals surface area contributed by atoms with E-state index in [0.717, 1.165) is 5.69 Å². The summed E-state index contributed by atoms with van der Waals surface area (Å²) < 4.78 is 0. The number of anilines is 2. The van der Waals surface area contributed by atoms with Crippen molar-refractivity contribution in [1.29, 1.82) is 5.26 Å². The lowest BCUT2D eigenvalue weighted by molar-refractivity contribution is -0.116. The Morgan fingerprint density at radius 2 is 1.95 bits per heavy atom. The van der Waals surface area contributed by atoms with Gasteiger partial charge in [0.2, 0.25) is 5.91 Å². The Hall–Kier alpha value is -2.51. The zero-order chi connectivity index (χ0) is 15.2. The molecule has 106 valence electrons. The molecular weight excluding hydrogens is 286 g/mol. The molecule has 0 fully saturated rings. The zero-order valence-corrected chi connectivity index (χ0v) is 12.2. The number of halogens is 1. The molecule has 0 saturated heterocycles. The lowest BCUT2D eigenvalue weighted by Crippen LogP contribution is -2.31. The summed E-state index contributed by atoms with van der Waals surface area (Å²) in [5.41, 5.74) is 1.83. The van der Waals surface area contributed by atoms with Crippen molar-refractivity contribution < 1.29 is 4.79 Å². The molecule has 0 aliphatic heterocycles. The van der Waals surface area contributed by atoms with Gasteiger partial charge in [0, 0.05) is 5.69 Å². The Morgan fingerprint density at radius 3 is 2.57 bits per heavy atom. The van der Waals surface area contributed by atoms with E-state index in [1.54, 1.807) is 25.1 Å². The second-order valence-electron chi connectivity index (χ2n) is 4.53. The van der Waals surface area contributed by atoms with Gasteiger partial charge in [0.1, 0.15) is 6.04 Å². The highest BCUT2D eigenvalue weighted by Crippen LogP contribution is 2.23. The first-order valence-corrected chi connectivity index (χ1v) is 6.80. The summed E-state index contributed by atoms with van der Waals surface area (Å²) in [5, 5.41) is 15.0. The highest BCUT2D eigenvalue weighted by Gasteiger charge is 2.14. The van der Waals surface area contributed by atoms with Crippen LogP contribution in [-0.4, -0.2) is 11.9 Å². The third-order valence-corrected chi connectivity index (χ3v) is 3.22. The molecule has 4 nitrogen and oxygen atoms in total. The number of para-hydroxylation sites is 1. The van der Waals surface area contributed by atoms with Gasteiger partial charge in [-0.05, 0) is 37.3 Å². The average molecular weight is 300 g/mol. The van der Waals surface area contributed by atoms with E-state index in [4.69, 9.17) is 16.9 Å². The van der Waals surface area contributed by atoms with Gasteiger partial charge in [-0.25, -0.2) is 0 Å². The molecule has 0 aliphatic rings. The number of carbonyl (C=O) groups is 1. The molecule has 1 unspecified atom stereocenters. The molecular formula is C16H14ClN3O. The minimum absolute atomic E-state index is 0.165. The van der Waals surface area contributed by atoms with Crippen molar-refractivity contribution >= 4 is 28.9 Å². The Bertz CT molecular complexity index is 680. The summed E-state index contributed by atoms with van der Waals surface area (Å²) in [6.07, 6.45) is 0. The predicted molar refractivity (Wildman–Crippen MR) is 84.3 cm³/mol. The number of nitrogens with one attached hydrogen (secondary N) is 2.